The molecule has 0 fully saturated rings. The number of nitrogens with zero attached hydrogens (tertiary/aromatic N) is 3. The Kier molecular flexibility index (Phi) is 3.82. The van der Waals surface area contributed by atoms with Crippen molar-refractivity contribution in [2.75, 3.05) is 7.05 Å². The first-order valence-corrected chi connectivity index (χ1v) is 7.04. The maximum Gasteiger partial charge on any atom is 0.246 e. The van der Waals surface area contributed by atoms with Crippen LogP contribution in [0.4, 0.5) is 8.78 Å². The lowest BCUT2D eigenvalue weighted by molar-refractivity contribution is 0.450. The largest absolute Gasteiger partial charge is 0.263 e. The summed E-state index contributed by atoms with van der Waals surface area (Å²) in [5.74, 6) is -1.17. The molecule has 2 rings (SSSR count). The number of nitrogens with one attached hydrogen (secondary N) is 1. The van der Waals surface area contributed by atoms with Crippen LogP contribution in [0.3, 0.4) is 0 Å². The standard InChI is InChI=1S/C11H12F2N4O2S/c1-7-14-11(16-15-7)6-17(2)20(18,19)10-4-3-8(12)5-9(10)13/h3-5H,6H2,1-2H3,(H,14,15,16). The second-order valence-corrected chi connectivity index (χ2v) is 6.19. The van der Waals surface area contributed by atoms with Gasteiger partial charge in [0.25, 0.3) is 0 Å². The van der Waals surface area contributed by atoms with E-state index in [1.807, 2.05) is 0 Å². The summed E-state index contributed by atoms with van der Waals surface area (Å²) >= 11 is 0. The average molecular weight is 302 g/mol. The Hall–Kier alpha value is -1.87. The number of H-pyrrole nitrogens is 1. The molecule has 6 nitrogen and oxygen atoms in total. The summed E-state index contributed by atoms with van der Waals surface area (Å²) in [6.07, 6.45) is 0. The van der Waals surface area contributed by atoms with Crippen LogP contribution in [-0.4, -0.2) is 35.0 Å². The fraction of sp³-hybridized carbons (Fsp3) is 0.273. The van der Waals surface area contributed by atoms with Crippen molar-refractivity contribution in [1.82, 2.24) is 19.5 Å². The molecule has 0 aliphatic heterocycles. The topological polar surface area (TPSA) is 79.0 Å². The minimum atomic E-state index is -4.08. The predicted octanol–water partition coefficient (Wildman–Crippen LogP) is 1.21. The second kappa shape index (κ2) is 5.25. The van der Waals surface area contributed by atoms with Gasteiger partial charge in [-0.3, -0.25) is 5.10 Å². The van der Waals surface area contributed by atoms with Crippen molar-refractivity contribution in [3.05, 3.63) is 41.5 Å². The van der Waals surface area contributed by atoms with Crippen molar-refractivity contribution >= 4 is 10.0 Å². The number of rotatable bonds is 4. The van der Waals surface area contributed by atoms with Crippen LogP contribution in [0.5, 0.6) is 0 Å². The predicted molar refractivity (Wildman–Crippen MR) is 66.1 cm³/mol. The summed E-state index contributed by atoms with van der Waals surface area (Å²) in [6.45, 7) is 1.55. The molecule has 0 spiro atoms. The van der Waals surface area contributed by atoms with Gasteiger partial charge >= 0.3 is 0 Å². The Morgan fingerprint density at radius 3 is 2.60 bits per heavy atom. The van der Waals surface area contributed by atoms with E-state index in [9.17, 15) is 17.2 Å². The maximum atomic E-state index is 13.6. The van der Waals surface area contributed by atoms with Crippen LogP contribution in [0, 0.1) is 18.6 Å². The van der Waals surface area contributed by atoms with Gasteiger partial charge in [-0.25, -0.2) is 22.2 Å². The Morgan fingerprint density at radius 1 is 1.35 bits per heavy atom. The molecule has 2 aromatic rings. The maximum absolute atomic E-state index is 13.6. The molecule has 0 aliphatic rings. The van der Waals surface area contributed by atoms with E-state index in [1.165, 1.54) is 7.05 Å². The second-order valence-electron chi connectivity index (χ2n) is 4.17. The highest BCUT2D eigenvalue weighted by Crippen LogP contribution is 2.20. The van der Waals surface area contributed by atoms with Crippen molar-refractivity contribution in [3.8, 4) is 0 Å². The Labute approximate surface area is 114 Å². The van der Waals surface area contributed by atoms with E-state index in [-0.39, 0.29) is 12.4 Å². The monoisotopic (exact) mass is 302 g/mol. The van der Waals surface area contributed by atoms with E-state index in [0.717, 1.165) is 16.4 Å². The molecule has 0 aliphatic carbocycles. The van der Waals surface area contributed by atoms with Crippen LogP contribution >= 0.6 is 0 Å². The normalized spacial score (nSPS) is 12.1. The fourth-order valence-corrected chi connectivity index (χ4v) is 2.76. The van der Waals surface area contributed by atoms with Gasteiger partial charge in [-0.1, -0.05) is 0 Å². The van der Waals surface area contributed by atoms with Crippen LogP contribution in [0.2, 0.25) is 0 Å². The number of hydrogen-bond acceptors (Lipinski definition) is 4. The highest BCUT2D eigenvalue weighted by Gasteiger charge is 2.25. The molecule has 1 aromatic carbocycles. The van der Waals surface area contributed by atoms with Crippen LogP contribution in [0.1, 0.15) is 11.6 Å². The lowest BCUT2D eigenvalue weighted by Crippen LogP contribution is -2.27. The van der Waals surface area contributed by atoms with E-state index in [1.54, 1.807) is 6.92 Å². The van der Waals surface area contributed by atoms with Crippen molar-refractivity contribution in [1.29, 1.82) is 0 Å². The SMILES string of the molecule is Cc1nc(CN(C)S(=O)(=O)c2ccc(F)cc2F)n[nH]1. The molecule has 20 heavy (non-hydrogen) atoms. The lowest BCUT2D eigenvalue weighted by Gasteiger charge is -2.15. The average Bonchev–Trinajstić information content (AvgIpc) is 2.74. The van der Waals surface area contributed by atoms with Gasteiger partial charge in [0.2, 0.25) is 10.0 Å². The zero-order valence-corrected chi connectivity index (χ0v) is 11.6. The first-order chi connectivity index (χ1) is 9.30. The molecule has 1 N–H and O–H groups in total. The number of hydrogen-bond donors (Lipinski definition) is 1. The smallest absolute Gasteiger partial charge is 0.246 e. The summed E-state index contributed by atoms with van der Waals surface area (Å²) in [5, 5.41) is 6.38. The molecule has 0 unspecified atom stereocenters. The number of sulfonamides is 1. The molecular formula is C11H12F2N4O2S. The van der Waals surface area contributed by atoms with Gasteiger partial charge in [0.05, 0.1) is 6.54 Å². The highest BCUT2D eigenvalue weighted by atomic mass is 32.2. The fourth-order valence-electron chi connectivity index (χ4n) is 1.60. The molecule has 0 saturated heterocycles. The van der Waals surface area contributed by atoms with Gasteiger partial charge in [-0.05, 0) is 19.1 Å². The number of halogens is 2. The van der Waals surface area contributed by atoms with Gasteiger partial charge in [-0.2, -0.15) is 9.40 Å². The number of aryl methyl sites for hydroxylation is 1. The summed E-state index contributed by atoms with van der Waals surface area (Å²) in [5.41, 5.74) is 0. The quantitative estimate of drug-likeness (QED) is 0.921. The van der Waals surface area contributed by atoms with Gasteiger partial charge in [0, 0.05) is 13.1 Å². The molecule has 0 amide bonds. The summed E-state index contributed by atoms with van der Waals surface area (Å²) < 4.78 is 51.6. The third-order valence-electron chi connectivity index (χ3n) is 2.59. The third kappa shape index (κ3) is 2.83. The Morgan fingerprint density at radius 2 is 2.05 bits per heavy atom. The molecular weight excluding hydrogens is 290 g/mol. The number of aromatic amines is 1. The van der Waals surface area contributed by atoms with Crippen LogP contribution in [-0.2, 0) is 16.6 Å². The van der Waals surface area contributed by atoms with Gasteiger partial charge in [-0.15, -0.1) is 0 Å². The van der Waals surface area contributed by atoms with Crippen molar-refractivity contribution in [3.63, 3.8) is 0 Å². The van der Waals surface area contributed by atoms with E-state index in [4.69, 9.17) is 0 Å². The summed E-state index contributed by atoms with van der Waals surface area (Å²) in [7, 11) is -2.81. The molecule has 1 heterocycles. The molecule has 0 atom stereocenters. The summed E-state index contributed by atoms with van der Waals surface area (Å²) in [6, 6.07) is 2.30. The van der Waals surface area contributed by atoms with Gasteiger partial charge < -0.3 is 0 Å². The molecule has 0 bridgehead atoms. The number of aromatic nitrogens is 3. The first kappa shape index (κ1) is 14.5. The van der Waals surface area contributed by atoms with Crippen LogP contribution in [0.25, 0.3) is 0 Å². The highest BCUT2D eigenvalue weighted by molar-refractivity contribution is 7.89. The van der Waals surface area contributed by atoms with E-state index in [2.05, 4.69) is 15.2 Å². The Balaban J connectivity index is 2.29. The molecule has 1 aromatic heterocycles. The number of benzene rings is 1. The molecule has 108 valence electrons. The lowest BCUT2D eigenvalue weighted by atomic mass is 10.3. The summed E-state index contributed by atoms with van der Waals surface area (Å²) in [4.78, 5) is 3.38. The van der Waals surface area contributed by atoms with Crippen molar-refractivity contribution in [2.24, 2.45) is 0 Å². The van der Waals surface area contributed by atoms with E-state index < -0.39 is 26.6 Å². The van der Waals surface area contributed by atoms with Crippen LogP contribution in [0.15, 0.2) is 23.1 Å². The first-order valence-electron chi connectivity index (χ1n) is 5.60. The van der Waals surface area contributed by atoms with Crippen LogP contribution < -0.4 is 0 Å². The molecule has 9 heteroatoms. The van der Waals surface area contributed by atoms with E-state index in [0.29, 0.717) is 11.9 Å². The third-order valence-corrected chi connectivity index (χ3v) is 4.43. The van der Waals surface area contributed by atoms with Gasteiger partial charge in [0.15, 0.2) is 5.82 Å². The zero-order valence-electron chi connectivity index (χ0n) is 10.8. The van der Waals surface area contributed by atoms with E-state index >= 15 is 0 Å². The minimum Gasteiger partial charge on any atom is -0.263 e. The zero-order chi connectivity index (χ0) is 14.9. The molecule has 0 radical (unpaired) electrons. The minimum absolute atomic E-state index is 0.122. The van der Waals surface area contributed by atoms with Crippen molar-refractivity contribution in [2.45, 2.75) is 18.4 Å². The molecule has 0 saturated carbocycles. The van der Waals surface area contributed by atoms with Crippen molar-refractivity contribution < 1.29 is 17.2 Å². The Bertz CT molecular complexity index is 730. The van der Waals surface area contributed by atoms with Gasteiger partial charge in [0.1, 0.15) is 22.4 Å².